The predicted molar refractivity (Wildman–Crippen MR) is 101 cm³/mol. The van der Waals surface area contributed by atoms with Crippen LogP contribution in [0.5, 0.6) is 11.5 Å². The number of halogens is 1. The number of rotatable bonds is 7. The topological polar surface area (TPSA) is 152 Å². The van der Waals surface area contributed by atoms with Crippen LogP contribution in [0.25, 0.3) is 11.1 Å². The van der Waals surface area contributed by atoms with E-state index in [9.17, 15) is 24.6 Å². The molecule has 0 amide bonds. The van der Waals surface area contributed by atoms with Crippen molar-refractivity contribution < 1.29 is 29.3 Å². The molecule has 1 aromatic heterocycles. The van der Waals surface area contributed by atoms with Crippen molar-refractivity contribution in [3.8, 4) is 22.6 Å². The zero-order chi connectivity index (χ0) is 20.3. The molecule has 0 aliphatic rings. The Bertz CT molecular complexity index is 969. The summed E-state index contributed by atoms with van der Waals surface area (Å²) in [5, 5.41) is 19.0. The maximum Gasteiger partial charge on any atom is 0.342 e. The highest BCUT2D eigenvalue weighted by molar-refractivity contribution is 9.10. The van der Waals surface area contributed by atoms with Gasteiger partial charge in [0.15, 0.2) is 11.5 Å². The Balaban J connectivity index is 2.94. The number of carboxylic acid groups (broad SMARTS) is 2. The number of carbonyl (C=O) groups is 2. The zero-order valence-electron chi connectivity index (χ0n) is 14.5. The highest BCUT2D eigenvalue weighted by Crippen LogP contribution is 2.41. The molecule has 5 N–H and O–H groups in total. The second-order valence-corrected chi connectivity index (χ2v) is 6.11. The van der Waals surface area contributed by atoms with Crippen molar-refractivity contribution in [3.05, 3.63) is 38.1 Å². The Labute approximate surface area is 161 Å². The number of anilines is 1. The van der Waals surface area contributed by atoms with Gasteiger partial charge in [-0.15, -0.1) is 0 Å². The summed E-state index contributed by atoms with van der Waals surface area (Å²) in [5.74, 6) is -2.89. The van der Waals surface area contributed by atoms with Gasteiger partial charge >= 0.3 is 11.9 Å². The van der Waals surface area contributed by atoms with Crippen LogP contribution >= 0.6 is 15.9 Å². The van der Waals surface area contributed by atoms with Crippen molar-refractivity contribution in [1.29, 1.82) is 0 Å². The lowest BCUT2D eigenvalue weighted by Gasteiger charge is -2.17. The van der Waals surface area contributed by atoms with E-state index in [0.717, 1.165) is 0 Å². The van der Waals surface area contributed by atoms with Crippen molar-refractivity contribution in [2.75, 3.05) is 18.9 Å². The monoisotopic (exact) mass is 440 g/mol. The molecule has 1 heterocycles. The van der Waals surface area contributed by atoms with Gasteiger partial charge in [0.05, 0.1) is 17.7 Å². The van der Waals surface area contributed by atoms with Gasteiger partial charge in [0, 0.05) is 5.56 Å². The van der Waals surface area contributed by atoms with Crippen LogP contribution in [0.4, 0.5) is 5.82 Å². The smallest absolute Gasteiger partial charge is 0.342 e. The predicted octanol–water partition coefficient (Wildman–Crippen LogP) is 2.58. The van der Waals surface area contributed by atoms with Gasteiger partial charge in [0.1, 0.15) is 16.9 Å². The highest BCUT2D eigenvalue weighted by Gasteiger charge is 2.28. The van der Waals surface area contributed by atoms with Crippen LogP contribution in [-0.4, -0.2) is 40.3 Å². The fourth-order valence-electron chi connectivity index (χ4n) is 2.60. The van der Waals surface area contributed by atoms with Gasteiger partial charge < -0.3 is 30.4 Å². The Hall–Kier alpha value is -3.01. The molecular formula is C17H17BrN2O7. The number of aromatic amines is 1. The van der Waals surface area contributed by atoms with Crippen molar-refractivity contribution in [2.45, 2.75) is 13.8 Å². The van der Waals surface area contributed by atoms with Crippen LogP contribution in [0.1, 0.15) is 34.6 Å². The third kappa shape index (κ3) is 3.90. The Kier molecular flexibility index (Phi) is 6.11. The fourth-order valence-corrected chi connectivity index (χ4v) is 3.15. The van der Waals surface area contributed by atoms with E-state index in [1.807, 2.05) is 0 Å². The number of benzene rings is 1. The largest absolute Gasteiger partial charge is 0.490 e. The number of carboxylic acids is 2. The SMILES string of the molecule is CCOc1cc(-c2c(C(=O)O)c(N)[nH]c(=O)c2C(=O)O)cc(Br)c1OCC. The van der Waals surface area contributed by atoms with Gasteiger partial charge in [-0.3, -0.25) is 4.79 Å². The van der Waals surface area contributed by atoms with E-state index >= 15 is 0 Å². The molecule has 144 valence electrons. The minimum absolute atomic E-state index is 0.126. The molecule has 0 fully saturated rings. The van der Waals surface area contributed by atoms with Crippen molar-refractivity contribution in [2.24, 2.45) is 0 Å². The molecule has 0 unspecified atom stereocenters. The molecule has 0 aliphatic heterocycles. The first-order valence-corrected chi connectivity index (χ1v) is 8.63. The number of nitrogens with two attached hydrogens (primary N) is 1. The molecular weight excluding hydrogens is 424 g/mol. The quantitative estimate of drug-likeness (QED) is 0.512. The summed E-state index contributed by atoms with van der Waals surface area (Å²) in [7, 11) is 0. The van der Waals surface area contributed by atoms with Crippen molar-refractivity contribution in [3.63, 3.8) is 0 Å². The standard InChI is InChI=1S/C17H17BrN2O7/c1-3-26-9-6-7(5-8(18)13(9)27-4-2)10-11(16(22)23)14(19)20-15(21)12(10)17(24)25/h5-6H,3-4H2,1-2H3,(H,22,23)(H,24,25)(H3,19,20,21). The molecule has 1 aromatic carbocycles. The minimum atomic E-state index is -1.59. The lowest BCUT2D eigenvalue weighted by molar-refractivity contribution is 0.0695. The molecule has 27 heavy (non-hydrogen) atoms. The molecule has 0 bridgehead atoms. The van der Waals surface area contributed by atoms with Crippen molar-refractivity contribution >= 4 is 33.7 Å². The fraction of sp³-hybridized carbons (Fsp3) is 0.235. The maximum atomic E-state index is 12.1. The van der Waals surface area contributed by atoms with E-state index < -0.39 is 34.4 Å². The molecule has 2 rings (SSSR count). The third-order valence-electron chi connectivity index (χ3n) is 3.56. The number of ether oxygens (including phenoxy) is 2. The van der Waals surface area contributed by atoms with E-state index in [0.29, 0.717) is 16.8 Å². The highest BCUT2D eigenvalue weighted by atomic mass is 79.9. The van der Waals surface area contributed by atoms with Crippen LogP contribution in [0.2, 0.25) is 0 Å². The van der Waals surface area contributed by atoms with Crippen LogP contribution < -0.4 is 20.8 Å². The van der Waals surface area contributed by atoms with Crippen molar-refractivity contribution in [1.82, 2.24) is 4.98 Å². The van der Waals surface area contributed by atoms with E-state index in [1.54, 1.807) is 13.8 Å². The Morgan fingerprint density at radius 1 is 1.11 bits per heavy atom. The summed E-state index contributed by atoms with van der Waals surface area (Å²) in [6.07, 6.45) is 0. The Morgan fingerprint density at radius 2 is 1.70 bits per heavy atom. The maximum absolute atomic E-state index is 12.1. The third-order valence-corrected chi connectivity index (χ3v) is 4.15. The zero-order valence-corrected chi connectivity index (χ0v) is 16.0. The number of pyridine rings is 1. The second kappa shape index (κ2) is 8.12. The lowest BCUT2D eigenvalue weighted by Crippen LogP contribution is -2.24. The number of nitrogens with one attached hydrogen (secondary N) is 1. The molecule has 0 saturated heterocycles. The van der Waals surface area contributed by atoms with Crippen LogP contribution in [-0.2, 0) is 0 Å². The van der Waals surface area contributed by atoms with Gasteiger partial charge in [-0.1, -0.05) is 0 Å². The minimum Gasteiger partial charge on any atom is -0.490 e. The normalized spacial score (nSPS) is 10.5. The van der Waals surface area contributed by atoms with Crippen LogP contribution in [0.3, 0.4) is 0 Å². The molecule has 0 spiro atoms. The molecule has 10 heteroatoms. The molecule has 0 aliphatic carbocycles. The average molecular weight is 441 g/mol. The molecule has 9 nitrogen and oxygen atoms in total. The van der Waals surface area contributed by atoms with E-state index in [-0.39, 0.29) is 23.5 Å². The van der Waals surface area contributed by atoms with Gasteiger partial charge in [-0.05, 0) is 47.5 Å². The molecule has 0 saturated carbocycles. The van der Waals surface area contributed by atoms with E-state index in [4.69, 9.17) is 15.2 Å². The van der Waals surface area contributed by atoms with E-state index in [1.165, 1.54) is 12.1 Å². The average Bonchev–Trinajstić information content (AvgIpc) is 2.56. The number of aromatic carboxylic acids is 2. The first-order chi connectivity index (χ1) is 12.7. The number of aromatic nitrogens is 1. The van der Waals surface area contributed by atoms with Crippen LogP contribution in [0.15, 0.2) is 21.4 Å². The number of hydrogen-bond acceptors (Lipinski definition) is 6. The van der Waals surface area contributed by atoms with Crippen LogP contribution in [0, 0.1) is 0 Å². The lowest BCUT2D eigenvalue weighted by atomic mass is 9.95. The van der Waals surface area contributed by atoms with E-state index in [2.05, 4.69) is 20.9 Å². The molecule has 0 atom stereocenters. The number of nitrogen functional groups attached to an aromatic ring is 1. The first-order valence-electron chi connectivity index (χ1n) is 7.84. The summed E-state index contributed by atoms with van der Waals surface area (Å²) < 4.78 is 11.4. The summed E-state index contributed by atoms with van der Waals surface area (Å²) in [6.45, 7) is 4.15. The van der Waals surface area contributed by atoms with Gasteiger partial charge in [0.2, 0.25) is 0 Å². The summed E-state index contributed by atoms with van der Waals surface area (Å²) in [6, 6.07) is 2.85. The molecule has 2 aromatic rings. The molecule has 0 radical (unpaired) electrons. The summed E-state index contributed by atoms with van der Waals surface area (Å²) in [5.41, 5.74) is 3.18. The number of hydrogen-bond donors (Lipinski definition) is 4. The Morgan fingerprint density at radius 3 is 2.22 bits per heavy atom. The number of H-pyrrole nitrogens is 1. The summed E-state index contributed by atoms with van der Waals surface area (Å²) in [4.78, 5) is 37.5. The second-order valence-electron chi connectivity index (χ2n) is 5.25. The summed E-state index contributed by atoms with van der Waals surface area (Å²) >= 11 is 3.31. The van der Waals surface area contributed by atoms with Gasteiger partial charge in [-0.25, -0.2) is 9.59 Å². The first kappa shape index (κ1) is 20.3. The van der Waals surface area contributed by atoms with Gasteiger partial charge in [-0.2, -0.15) is 0 Å². The van der Waals surface area contributed by atoms with Gasteiger partial charge in [0.25, 0.3) is 5.56 Å².